The van der Waals surface area contributed by atoms with Gasteiger partial charge in [-0.1, -0.05) is 32.1 Å². The zero-order chi connectivity index (χ0) is 10.7. The first-order valence-electron chi connectivity index (χ1n) is 6.73. The predicted octanol–water partition coefficient (Wildman–Crippen LogP) is 2.24. The van der Waals surface area contributed by atoms with E-state index in [0.717, 1.165) is 24.4 Å². The van der Waals surface area contributed by atoms with Crippen LogP contribution in [0, 0.1) is 11.8 Å². The molecule has 1 aliphatic heterocycles. The van der Waals surface area contributed by atoms with Gasteiger partial charge in [0.1, 0.15) is 0 Å². The Morgan fingerprint density at radius 3 is 2.40 bits per heavy atom. The van der Waals surface area contributed by atoms with Crippen LogP contribution in [0.25, 0.3) is 0 Å². The molecule has 2 aliphatic rings. The van der Waals surface area contributed by atoms with Gasteiger partial charge >= 0.3 is 0 Å². The average molecular weight is 210 g/mol. The van der Waals surface area contributed by atoms with E-state index in [0.29, 0.717) is 0 Å². The standard InChI is InChI=1S/C13H26N2/c1-15-10-8-13(15)12(7-9-14)11-5-3-2-4-6-11/h11-13H,2-10,14H2,1H3. The van der Waals surface area contributed by atoms with Crippen LogP contribution in [0.15, 0.2) is 0 Å². The number of likely N-dealkylation sites (tertiary alicyclic amines) is 1. The fraction of sp³-hybridized carbons (Fsp3) is 1.00. The maximum absolute atomic E-state index is 5.78. The van der Waals surface area contributed by atoms with Gasteiger partial charge in [-0.15, -0.1) is 0 Å². The lowest BCUT2D eigenvalue weighted by Crippen LogP contribution is -2.51. The van der Waals surface area contributed by atoms with Crippen molar-refractivity contribution in [2.24, 2.45) is 17.6 Å². The molecule has 1 saturated heterocycles. The van der Waals surface area contributed by atoms with Gasteiger partial charge in [-0.2, -0.15) is 0 Å². The lowest BCUT2D eigenvalue weighted by molar-refractivity contribution is 0.0315. The van der Waals surface area contributed by atoms with Crippen LogP contribution in [-0.2, 0) is 0 Å². The van der Waals surface area contributed by atoms with E-state index < -0.39 is 0 Å². The molecule has 2 unspecified atom stereocenters. The summed E-state index contributed by atoms with van der Waals surface area (Å²) in [6.07, 6.45) is 9.98. The molecule has 0 amide bonds. The van der Waals surface area contributed by atoms with Crippen LogP contribution in [0.5, 0.6) is 0 Å². The molecule has 1 heterocycles. The second-order valence-electron chi connectivity index (χ2n) is 5.48. The normalized spacial score (nSPS) is 31.2. The fourth-order valence-corrected chi connectivity index (χ4v) is 3.57. The van der Waals surface area contributed by atoms with Crippen LogP contribution in [0.2, 0.25) is 0 Å². The highest BCUT2D eigenvalue weighted by Crippen LogP contribution is 2.38. The highest BCUT2D eigenvalue weighted by atomic mass is 15.2. The van der Waals surface area contributed by atoms with Crippen molar-refractivity contribution in [1.82, 2.24) is 4.90 Å². The van der Waals surface area contributed by atoms with Crippen molar-refractivity contribution >= 4 is 0 Å². The van der Waals surface area contributed by atoms with Crippen LogP contribution in [0.4, 0.5) is 0 Å². The molecule has 0 aromatic heterocycles. The van der Waals surface area contributed by atoms with E-state index in [1.54, 1.807) is 0 Å². The van der Waals surface area contributed by atoms with E-state index in [1.165, 1.54) is 51.5 Å². The van der Waals surface area contributed by atoms with Crippen LogP contribution in [-0.4, -0.2) is 31.1 Å². The summed E-state index contributed by atoms with van der Waals surface area (Å²) >= 11 is 0. The van der Waals surface area contributed by atoms with Gasteiger partial charge in [0.2, 0.25) is 0 Å². The Kier molecular flexibility index (Phi) is 4.04. The molecular weight excluding hydrogens is 184 g/mol. The van der Waals surface area contributed by atoms with Gasteiger partial charge in [0.15, 0.2) is 0 Å². The van der Waals surface area contributed by atoms with Crippen LogP contribution >= 0.6 is 0 Å². The molecule has 2 atom stereocenters. The second-order valence-corrected chi connectivity index (χ2v) is 5.48. The molecule has 15 heavy (non-hydrogen) atoms. The molecule has 2 heteroatoms. The van der Waals surface area contributed by atoms with Gasteiger partial charge < -0.3 is 10.6 Å². The van der Waals surface area contributed by atoms with Crippen molar-refractivity contribution in [3.05, 3.63) is 0 Å². The highest BCUT2D eigenvalue weighted by Gasteiger charge is 2.36. The zero-order valence-corrected chi connectivity index (χ0v) is 10.1. The van der Waals surface area contributed by atoms with Gasteiger partial charge in [-0.25, -0.2) is 0 Å². The van der Waals surface area contributed by atoms with E-state index in [2.05, 4.69) is 11.9 Å². The van der Waals surface area contributed by atoms with E-state index in [4.69, 9.17) is 5.73 Å². The third-order valence-electron chi connectivity index (χ3n) is 4.59. The Balaban J connectivity index is 1.91. The Bertz CT molecular complexity index is 187. The molecule has 0 bridgehead atoms. The highest BCUT2D eigenvalue weighted by molar-refractivity contribution is 4.90. The summed E-state index contributed by atoms with van der Waals surface area (Å²) < 4.78 is 0. The van der Waals surface area contributed by atoms with Crippen molar-refractivity contribution in [2.45, 2.75) is 51.0 Å². The number of rotatable bonds is 4. The third-order valence-corrected chi connectivity index (χ3v) is 4.59. The first-order chi connectivity index (χ1) is 7.33. The number of hydrogen-bond acceptors (Lipinski definition) is 2. The molecule has 2 nitrogen and oxygen atoms in total. The zero-order valence-electron chi connectivity index (χ0n) is 10.1. The second kappa shape index (κ2) is 5.31. The summed E-state index contributed by atoms with van der Waals surface area (Å²) in [5.41, 5.74) is 5.78. The Morgan fingerprint density at radius 1 is 1.20 bits per heavy atom. The fourth-order valence-electron chi connectivity index (χ4n) is 3.57. The number of hydrogen-bond donors (Lipinski definition) is 1. The largest absolute Gasteiger partial charge is 0.330 e. The van der Waals surface area contributed by atoms with E-state index in [1.807, 2.05) is 0 Å². The Hall–Kier alpha value is -0.0800. The summed E-state index contributed by atoms with van der Waals surface area (Å²) in [5, 5.41) is 0. The molecule has 0 aromatic carbocycles. The monoisotopic (exact) mass is 210 g/mol. The van der Waals surface area contributed by atoms with Crippen LogP contribution in [0.3, 0.4) is 0 Å². The quantitative estimate of drug-likeness (QED) is 0.771. The maximum Gasteiger partial charge on any atom is 0.0136 e. The van der Waals surface area contributed by atoms with Gasteiger partial charge in [0.05, 0.1) is 0 Å². The summed E-state index contributed by atoms with van der Waals surface area (Å²) in [6.45, 7) is 2.18. The summed E-state index contributed by atoms with van der Waals surface area (Å²) in [6, 6.07) is 0.858. The molecule has 2 rings (SSSR count). The summed E-state index contributed by atoms with van der Waals surface area (Å²) in [7, 11) is 2.28. The molecule has 1 saturated carbocycles. The maximum atomic E-state index is 5.78. The van der Waals surface area contributed by atoms with Gasteiger partial charge in [0, 0.05) is 6.04 Å². The van der Waals surface area contributed by atoms with Crippen molar-refractivity contribution in [3.63, 3.8) is 0 Å². The number of nitrogens with zero attached hydrogens (tertiary/aromatic N) is 1. The minimum absolute atomic E-state index is 0.858. The first kappa shape index (κ1) is 11.4. The van der Waals surface area contributed by atoms with Crippen molar-refractivity contribution in [2.75, 3.05) is 20.1 Å². The molecule has 0 aromatic rings. The molecule has 1 aliphatic carbocycles. The van der Waals surface area contributed by atoms with Gasteiger partial charge in [0.25, 0.3) is 0 Å². The summed E-state index contributed by atoms with van der Waals surface area (Å²) in [5.74, 6) is 1.88. The molecule has 0 spiro atoms. The lowest BCUT2D eigenvalue weighted by atomic mass is 9.72. The minimum atomic E-state index is 0.858. The van der Waals surface area contributed by atoms with Crippen molar-refractivity contribution in [1.29, 1.82) is 0 Å². The first-order valence-corrected chi connectivity index (χ1v) is 6.73. The van der Waals surface area contributed by atoms with Crippen LogP contribution in [0.1, 0.15) is 44.9 Å². The Labute approximate surface area is 94.2 Å². The summed E-state index contributed by atoms with van der Waals surface area (Å²) in [4.78, 5) is 2.54. The van der Waals surface area contributed by atoms with E-state index in [9.17, 15) is 0 Å². The third kappa shape index (κ3) is 2.54. The smallest absolute Gasteiger partial charge is 0.0136 e. The molecule has 2 fully saturated rings. The lowest BCUT2D eigenvalue weighted by Gasteiger charge is -2.47. The van der Waals surface area contributed by atoms with Crippen molar-refractivity contribution in [3.8, 4) is 0 Å². The average Bonchev–Trinajstić information content (AvgIpc) is 2.28. The SMILES string of the molecule is CN1CCC1C(CCN)C1CCCCC1. The molecule has 2 N–H and O–H groups in total. The Morgan fingerprint density at radius 2 is 1.93 bits per heavy atom. The molecule has 88 valence electrons. The molecule has 0 radical (unpaired) electrons. The molecular formula is C13H26N2. The topological polar surface area (TPSA) is 29.3 Å². The predicted molar refractivity (Wildman–Crippen MR) is 64.8 cm³/mol. The minimum Gasteiger partial charge on any atom is -0.330 e. The van der Waals surface area contributed by atoms with Gasteiger partial charge in [-0.3, -0.25) is 0 Å². The van der Waals surface area contributed by atoms with Gasteiger partial charge in [-0.05, 0) is 44.8 Å². The van der Waals surface area contributed by atoms with E-state index >= 15 is 0 Å². The van der Waals surface area contributed by atoms with E-state index in [-0.39, 0.29) is 0 Å². The van der Waals surface area contributed by atoms with Crippen molar-refractivity contribution < 1.29 is 0 Å². The number of nitrogens with two attached hydrogens (primary N) is 1. The van der Waals surface area contributed by atoms with Crippen LogP contribution < -0.4 is 5.73 Å².